The van der Waals surface area contributed by atoms with Gasteiger partial charge in [0.05, 0.1) is 4.92 Å². The smallest absolute Gasteiger partial charge is 0.306 e. The molecule has 1 aromatic heterocycles. The zero-order valence-corrected chi connectivity index (χ0v) is 11.9. The Kier molecular flexibility index (Phi) is 4.32. The third-order valence-electron chi connectivity index (χ3n) is 3.28. The van der Waals surface area contributed by atoms with Crippen LogP contribution >= 0.6 is 0 Å². The number of nitrogens with one attached hydrogen (secondary N) is 1. The van der Waals surface area contributed by atoms with E-state index in [0.717, 1.165) is 16.8 Å². The maximum absolute atomic E-state index is 11.9. The number of nitrogens with zero attached hydrogens (tertiary/aromatic N) is 3. The molecule has 0 fully saturated rings. The van der Waals surface area contributed by atoms with Gasteiger partial charge in [0.1, 0.15) is 12.4 Å². The second-order valence-corrected chi connectivity index (χ2v) is 4.76. The van der Waals surface area contributed by atoms with Crippen LogP contribution in [0.1, 0.15) is 17.5 Å². The summed E-state index contributed by atoms with van der Waals surface area (Å²) in [5.74, 6) is -0.151. The van der Waals surface area contributed by atoms with Crippen LogP contribution in [0.25, 0.3) is 0 Å². The third-order valence-corrected chi connectivity index (χ3v) is 3.28. The van der Waals surface area contributed by atoms with Crippen LogP contribution in [-0.4, -0.2) is 20.6 Å². The third kappa shape index (κ3) is 3.65. The number of hydrogen-bond donors (Lipinski definition) is 1. The molecule has 1 N–H and O–H groups in total. The summed E-state index contributed by atoms with van der Waals surface area (Å²) in [6.45, 7) is 4.22. The SMILES string of the molecule is Cc1cccc(NC(=O)CCn2cc([N+](=O)[O-])cn2)c1C. The van der Waals surface area contributed by atoms with E-state index >= 15 is 0 Å². The van der Waals surface area contributed by atoms with Crippen molar-refractivity contribution in [2.75, 3.05) is 5.32 Å². The van der Waals surface area contributed by atoms with Gasteiger partial charge in [-0.1, -0.05) is 12.1 Å². The minimum absolute atomic E-state index is 0.0788. The van der Waals surface area contributed by atoms with Crippen LogP contribution in [0.2, 0.25) is 0 Å². The fourth-order valence-corrected chi connectivity index (χ4v) is 1.88. The highest BCUT2D eigenvalue weighted by atomic mass is 16.6. The normalized spacial score (nSPS) is 10.4. The highest BCUT2D eigenvalue weighted by molar-refractivity contribution is 5.91. The van der Waals surface area contributed by atoms with Crippen molar-refractivity contribution in [1.29, 1.82) is 0 Å². The van der Waals surface area contributed by atoms with Gasteiger partial charge in [-0.15, -0.1) is 0 Å². The number of aryl methyl sites for hydroxylation is 2. The first-order valence-electron chi connectivity index (χ1n) is 6.50. The number of carbonyl (C=O) groups excluding carboxylic acids is 1. The second-order valence-electron chi connectivity index (χ2n) is 4.76. The maximum Gasteiger partial charge on any atom is 0.306 e. The lowest BCUT2D eigenvalue weighted by atomic mass is 10.1. The molecule has 0 aliphatic carbocycles. The van der Waals surface area contributed by atoms with Crippen LogP contribution in [0.3, 0.4) is 0 Å². The molecular weight excluding hydrogens is 272 g/mol. The summed E-state index contributed by atoms with van der Waals surface area (Å²) < 4.78 is 1.39. The van der Waals surface area contributed by atoms with E-state index in [0.29, 0.717) is 6.54 Å². The molecule has 0 aliphatic rings. The van der Waals surface area contributed by atoms with Gasteiger partial charge in [-0.2, -0.15) is 5.10 Å². The molecule has 0 unspecified atom stereocenters. The largest absolute Gasteiger partial charge is 0.326 e. The number of amides is 1. The quantitative estimate of drug-likeness (QED) is 0.675. The number of nitro groups is 1. The van der Waals surface area contributed by atoms with Crippen LogP contribution in [0, 0.1) is 24.0 Å². The van der Waals surface area contributed by atoms with Crippen LogP contribution < -0.4 is 5.32 Å². The number of anilines is 1. The molecule has 0 saturated heterocycles. The highest BCUT2D eigenvalue weighted by Crippen LogP contribution is 2.18. The Balaban J connectivity index is 1.92. The Hall–Kier alpha value is -2.70. The standard InChI is InChI=1S/C14H16N4O3/c1-10-4-3-5-13(11(10)2)16-14(19)6-7-17-9-12(8-15-17)18(20)21/h3-5,8-9H,6-7H2,1-2H3,(H,16,19). The number of carbonyl (C=O) groups is 1. The highest BCUT2D eigenvalue weighted by Gasteiger charge is 2.10. The molecule has 7 heteroatoms. The van der Waals surface area contributed by atoms with Crippen LogP contribution in [0.4, 0.5) is 11.4 Å². The first-order valence-corrected chi connectivity index (χ1v) is 6.50. The van der Waals surface area contributed by atoms with E-state index in [2.05, 4.69) is 10.4 Å². The Labute approximate surface area is 121 Å². The van der Waals surface area contributed by atoms with Crippen molar-refractivity contribution in [1.82, 2.24) is 9.78 Å². The molecular formula is C14H16N4O3. The summed E-state index contributed by atoms with van der Waals surface area (Å²) in [6, 6.07) is 5.71. The van der Waals surface area contributed by atoms with E-state index in [9.17, 15) is 14.9 Å². The Morgan fingerprint density at radius 1 is 1.43 bits per heavy atom. The average Bonchev–Trinajstić information content (AvgIpc) is 2.91. The molecule has 0 saturated carbocycles. The lowest BCUT2D eigenvalue weighted by Gasteiger charge is -2.10. The first-order chi connectivity index (χ1) is 9.97. The Bertz CT molecular complexity index is 679. The van der Waals surface area contributed by atoms with Crippen molar-refractivity contribution in [3.8, 4) is 0 Å². The number of aromatic nitrogens is 2. The fraction of sp³-hybridized carbons (Fsp3) is 0.286. The predicted octanol–water partition coefficient (Wildman–Crippen LogP) is 2.44. The van der Waals surface area contributed by atoms with E-state index in [1.165, 1.54) is 17.1 Å². The average molecular weight is 288 g/mol. The van der Waals surface area contributed by atoms with Gasteiger partial charge in [0.25, 0.3) is 0 Å². The van der Waals surface area contributed by atoms with E-state index < -0.39 is 4.92 Å². The summed E-state index contributed by atoms with van der Waals surface area (Å²) in [5.41, 5.74) is 2.84. The predicted molar refractivity (Wildman–Crippen MR) is 78.0 cm³/mol. The zero-order valence-electron chi connectivity index (χ0n) is 11.9. The maximum atomic E-state index is 11.9. The number of rotatable bonds is 5. The van der Waals surface area contributed by atoms with Crippen molar-refractivity contribution < 1.29 is 9.72 Å². The van der Waals surface area contributed by atoms with Gasteiger partial charge < -0.3 is 5.32 Å². The monoisotopic (exact) mass is 288 g/mol. The molecule has 1 amide bonds. The van der Waals surface area contributed by atoms with Crippen LogP contribution in [-0.2, 0) is 11.3 Å². The summed E-state index contributed by atoms with van der Waals surface area (Å²) in [7, 11) is 0. The molecule has 1 heterocycles. The molecule has 0 spiro atoms. The van der Waals surface area contributed by atoms with E-state index in [1.807, 2.05) is 32.0 Å². The van der Waals surface area contributed by atoms with Crippen molar-refractivity contribution in [2.45, 2.75) is 26.8 Å². The second kappa shape index (κ2) is 6.17. The van der Waals surface area contributed by atoms with Crippen molar-refractivity contribution in [3.05, 3.63) is 51.8 Å². The summed E-state index contributed by atoms with van der Waals surface area (Å²) in [6.07, 6.45) is 2.68. The summed E-state index contributed by atoms with van der Waals surface area (Å²) in [5, 5.41) is 17.2. The van der Waals surface area contributed by atoms with Crippen molar-refractivity contribution in [2.24, 2.45) is 0 Å². The molecule has 2 aromatic rings. The Morgan fingerprint density at radius 2 is 2.19 bits per heavy atom. The molecule has 21 heavy (non-hydrogen) atoms. The van der Waals surface area contributed by atoms with Gasteiger partial charge >= 0.3 is 5.69 Å². The first kappa shape index (κ1) is 14.7. The van der Waals surface area contributed by atoms with E-state index in [-0.39, 0.29) is 18.0 Å². The van der Waals surface area contributed by atoms with Crippen LogP contribution in [0.5, 0.6) is 0 Å². The zero-order chi connectivity index (χ0) is 15.4. The van der Waals surface area contributed by atoms with Gasteiger partial charge in [-0.25, -0.2) is 0 Å². The Morgan fingerprint density at radius 3 is 2.86 bits per heavy atom. The number of hydrogen-bond acceptors (Lipinski definition) is 4. The molecule has 2 rings (SSSR count). The van der Waals surface area contributed by atoms with E-state index in [4.69, 9.17) is 0 Å². The minimum atomic E-state index is -0.514. The summed E-state index contributed by atoms with van der Waals surface area (Å²) >= 11 is 0. The van der Waals surface area contributed by atoms with Gasteiger partial charge in [0.15, 0.2) is 0 Å². The topological polar surface area (TPSA) is 90.1 Å². The van der Waals surface area contributed by atoms with Gasteiger partial charge in [0, 0.05) is 18.7 Å². The molecule has 7 nitrogen and oxygen atoms in total. The molecule has 0 bridgehead atoms. The molecule has 1 aromatic carbocycles. The van der Waals surface area contributed by atoms with Crippen molar-refractivity contribution >= 4 is 17.3 Å². The lowest BCUT2D eigenvalue weighted by molar-refractivity contribution is -0.385. The lowest BCUT2D eigenvalue weighted by Crippen LogP contribution is -2.15. The summed E-state index contributed by atoms with van der Waals surface area (Å²) in [4.78, 5) is 21.9. The molecule has 110 valence electrons. The molecule has 0 atom stereocenters. The fourth-order valence-electron chi connectivity index (χ4n) is 1.88. The minimum Gasteiger partial charge on any atom is -0.326 e. The van der Waals surface area contributed by atoms with Crippen molar-refractivity contribution in [3.63, 3.8) is 0 Å². The van der Waals surface area contributed by atoms with Gasteiger partial charge in [0.2, 0.25) is 5.91 Å². The van der Waals surface area contributed by atoms with Gasteiger partial charge in [-0.3, -0.25) is 19.6 Å². The van der Waals surface area contributed by atoms with Gasteiger partial charge in [-0.05, 0) is 31.0 Å². The van der Waals surface area contributed by atoms with E-state index in [1.54, 1.807) is 0 Å². The van der Waals surface area contributed by atoms with Crippen LogP contribution in [0.15, 0.2) is 30.6 Å². The molecule has 0 aliphatic heterocycles. The number of benzene rings is 1. The molecule has 0 radical (unpaired) electrons.